The van der Waals surface area contributed by atoms with E-state index < -0.39 is 0 Å². The first-order valence-electron chi connectivity index (χ1n) is 6.28. The van der Waals surface area contributed by atoms with E-state index in [2.05, 4.69) is 28.5 Å². The number of H-pyrrole nitrogens is 1. The monoisotopic (exact) mass is 254 g/mol. The highest BCUT2D eigenvalue weighted by atomic mass is 19.1. The Morgan fingerprint density at radius 2 is 2.00 bits per heavy atom. The lowest BCUT2D eigenvalue weighted by molar-refractivity contribution is 0.627. The molecule has 0 aliphatic carbocycles. The molecule has 1 aromatic heterocycles. The lowest BCUT2D eigenvalue weighted by Gasteiger charge is -2.08. The predicted octanol–water partition coefficient (Wildman–Crippen LogP) is 4.23. The second kappa shape index (κ2) is 4.76. The normalized spacial score (nSPS) is 10.8. The minimum absolute atomic E-state index is 0.205. The second-order valence-corrected chi connectivity index (χ2v) is 4.77. The quantitative estimate of drug-likeness (QED) is 0.719. The summed E-state index contributed by atoms with van der Waals surface area (Å²) < 4.78 is 13.3. The molecule has 0 atom stereocenters. The largest absolute Gasteiger partial charge is 0.381 e. The van der Waals surface area contributed by atoms with Crippen molar-refractivity contribution in [3.8, 4) is 0 Å². The molecule has 19 heavy (non-hydrogen) atoms. The van der Waals surface area contributed by atoms with Crippen molar-refractivity contribution < 1.29 is 4.39 Å². The number of halogens is 1. The van der Waals surface area contributed by atoms with Crippen molar-refractivity contribution in [2.75, 3.05) is 5.32 Å². The Balaban J connectivity index is 1.77. The van der Waals surface area contributed by atoms with E-state index in [0.717, 1.165) is 16.8 Å². The van der Waals surface area contributed by atoms with Gasteiger partial charge in [-0.2, -0.15) is 0 Å². The molecule has 3 rings (SSSR count). The van der Waals surface area contributed by atoms with Gasteiger partial charge in [0.05, 0.1) is 0 Å². The van der Waals surface area contributed by atoms with E-state index in [0.29, 0.717) is 6.54 Å². The Labute approximate surface area is 111 Å². The molecule has 3 heteroatoms. The third-order valence-corrected chi connectivity index (χ3v) is 3.16. The van der Waals surface area contributed by atoms with Crippen molar-refractivity contribution >= 4 is 16.6 Å². The van der Waals surface area contributed by atoms with E-state index in [4.69, 9.17) is 0 Å². The van der Waals surface area contributed by atoms with Gasteiger partial charge >= 0.3 is 0 Å². The molecule has 0 saturated heterocycles. The minimum atomic E-state index is -0.205. The molecule has 0 bridgehead atoms. The minimum Gasteiger partial charge on any atom is -0.381 e. The summed E-state index contributed by atoms with van der Waals surface area (Å²) in [5.74, 6) is -0.205. The Bertz CT molecular complexity index is 695. The van der Waals surface area contributed by atoms with Gasteiger partial charge in [0.25, 0.3) is 0 Å². The summed E-state index contributed by atoms with van der Waals surface area (Å²) in [7, 11) is 0. The fourth-order valence-electron chi connectivity index (χ4n) is 2.26. The van der Waals surface area contributed by atoms with Crippen LogP contribution in [0.1, 0.15) is 11.1 Å². The zero-order valence-corrected chi connectivity index (χ0v) is 10.7. The molecule has 96 valence electrons. The molecule has 2 nitrogen and oxygen atoms in total. The van der Waals surface area contributed by atoms with Crippen LogP contribution in [0.4, 0.5) is 10.1 Å². The number of benzene rings is 2. The summed E-state index contributed by atoms with van der Waals surface area (Å²) in [6, 6.07) is 13.3. The highest BCUT2D eigenvalue weighted by molar-refractivity contribution is 5.79. The highest BCUT2D eigenvalue weighted by Crippen LogP contribution is 2.17. The number of aromatic nitrogens is 1. The fraction of sp³-hybridized carbons (Fsp3) is 0.125. The van der Waals surface area contributed by atoms with Gasteiger partial charge in [0.1, 0.15) is 5.82 Å². The van der Waals surface area contributed by atoms with Gasteiger partial charge in [0, 0.05) is 23.9 Å². The number of fused-ring (bicyclic) bond motifs is 1. The van der Waals surface area contributed by atoms with E-state index in [-0.39, 0.29) is 5.82 Å². The molecule has 2 aromatic carbocycles. The van der Waals surface area contributed by atoms with Crippen LogP contribution in [0.5, 0.6) is 0 Å². The van der Waals surface area contributed by atoms with E-state index in [9.17, 15) is 4.39 Å². The highest BCUT2D eigenvalue weighted by Gasteiger charge is 2.00. The van der Waals surface area contributed by atoms with Gasteiger partial charge in [0.15, 0.2) is 0 Å². The maximum Gasteiger partial charge on any atom is 0.125 e. The molecule has 0 aliphatic heterocycles. The maximum absolute atomic E-state index is 13.3. The van der Waals surface area contributed by atoms with Crippen molar-refractivity contribution in [2.24, 2.45) is 0 Å². The van der Waals surface area contributed by atoms with Gasteiger partial charge in [-0.1, -0.05) is 6.07 Å². The average Bonchev–Trinajstić information content (AvgIpc) is 2.82. The van der Waals surface area contributed by atoms with Crippen LogP contribution in [0.25, 0.3) is 10.9 Å². The first kappa shape index (κ1) is 11.8. The lowest BCUT2D eigenvalue weighted by Crippen LogP contribution is -2.00. The van der Waals surface area contributed by atoms with Crippen LogP contribution >= 0.6 is 0 Å². The number of aryl methyl sites for hydroxylation is 1. The Kier molecular flexibility index (Phi) is 2.95. The smallest absolute Gasteiger partial charge is 0.125 e. The summed E-state index contributed by atoms with van der Waals surface area (Å²) in [5.41, 5.74) is 4.04. The molecular formula is C16H15FN2. The lowest BCUT2D eigenvalue weighted by atomic mass is 10.1. The van der Waals surface area contributed by atoms with Crippen molar-refractivity contribution in [1.29, 1.82) is 0 Å². The molecular weight excluding hydrogens is 239 g/mol. The molecule has 1 heterocycles. The van der Waals surface area contributed by atoms with Gasteiger partial charge in [-0.15, -0.1) is 0 Å². The number of rotatable bonds is 3. The first-order valence-corrected chi connectivity index (χ1v) is 6.28. The van der Waals surface area contributed by atoms with Gasteiger partial charge < -0.3 is 10.3 Å². The molecule has 3 aromatic rings. The topological polar surface area (TPSA) is 27.8 Å². The van der Waals surface area contributed by atoms with Crippen molar-refractivity contribution in [3.63, 3.8) is 0 Å². The average molecular weight is 254 g/mol. The van der Waals surface area contributed by atoms with E-state index in [1.807, 2.05) is 25.3 Å². The molecule has 0 unspecified atom stereocenters. The third-order valence-electron chi connectivity index (χ3n) is 3.16. The molecule has 0 aliphatic rings. The van der Waals surface area contributed by atoms with Crippen molar-refractivity contribution in [1.82, 2.24) is 4.98 Å². The molecule has 0 radical (unpaired) electrons. The number of nitrogens with one attached hydrogen (secondary N) is 2. The zero-order chi connectivity index (χ0) is 13.2. The Hall–Kier alpha value is -2.29. The standard InChI is InChI=1S/C16H15FN2/c1-11-6-14(17)9-15(7-11)19-10-12-2-3-16-13(8-12)4-5-18-16/h2-9,18-19H,10H2,1H3. The Morgan fingerprint density at radius 3 is 2.84 bits per heavy atom. The van der Waals surface area contributed by atoms with Crippen LogP contribution in [0.15, 0.2) is 48.7 Å². The predicted molar refractivity (Wildman–Crippen MR) is 76.8 cm³/mol. The molecule has 0 fully saturated rings. The van der Waals surface area contributed by atoms with Crippen LogP contribution in [0.3, 0.4) is 0 Å². The van der Waals surface area contributed by atoms with Crippen molar-refractivity contribution in [2.45, 2.75) is 13.5 Å². The summed E-state index contributed by atoms with van der Waals surface area (Å²) in [4.78, 5) is 3.17. The summed E-state index contributed by atoms with van der Waals surface area (Å²) in [5, 5.41) is 4.44. The SMILES string of the molecule is Cc1cc(F)cc(NCc2ccc3[nH]ccc3c2)c1. The maximum atomic E-state index is 13.3. The number of aromatic amines is 1. The number of anilines is 1. The molecule has 0 saturated carbocycles. The van der Waals surface area contributed by atoms with Crippen LogP contribution in [-0.2, 0) is 6.54 Å². The van der Waals surface area contributed by atoms with Gasteiger partial charge in [-0.3, -0.25) is 0 Å². The van der Waals surface area contributed by atoms with Gasteiger partial charge in [0.2, 0.25) is 0 Å². The summed E-state index contributed by atoms with van der Waals surface area (Å²) in [6.07, 6.45) is 1.93. The fourth-order valence-corrected chi connectivity index (χ4v) is 2.26. The second-order valence-electron chi connectivity index (χ2n) is 4.77. The van der Waals surface area contributed by atoms with Gasteiger partial charge in [-0.25, -0.2) is 4.39 Å². The van der Waals surface area contributed by atoms with Crippen molar-refractivity contribution in [3.05, 3.63) is 65.6 Å². The van der Waals surface area contributed by atoms with E-state index in [1.54, 1.807) is 0 Å². The van der Waals surface area contributed by atoms with Gasteiger partial charge in [-0.05, 0) is 59.8 Å². The van der Waals surface area contributed by atoms with E-state index >= 15 is 0 Å². The number of hydrogen-bond acceptors (Lipinski definition) is 1. The number of hydrogen-bond donors (Lipinski definition) is 2. The van der Waals surface area contributed by atoms with Crippen LogP contribution in [-0.4, -0.2) is 4.98 Å². The van der Waals surface area contributed by atoms with Crippen LogP contribution in [0.2, 0.25) is 0 Å². The molecule has 2 N–H and O–H groups in total. The van der Waals surface area contributed by atoms with Crippen LogP contribution < -0.4 is 5.32 Å². The zero-order valence-electron chi connectivity index (χ0n) is 10.7. The van der Waals surface area contributed by atoms with E-state index in [1.165, 1.54) is 23.1 Å². The Morgan fingerprint density at radius 1 is 1.11 bits per heavy atom. The summed E-state index contributed by atoms with van der Waals surface area (Å²) in [6.45, 7) is 2.57. The molecule has 0 spiro atoms. The first-order chi connectivity index (χ1) is 9.20. The summed E-state index contributed by atoms with van der Waals surface area (Å²) >= 11 is 0. The van der Waals surface area contributed by atoms with Crippen LogP contribution in [0, 0.1) is 12.7 Å². The third kappa shape index (κ3) is 2.60. The molecule has 0 amide bonds.